The van der Waals surface area contributed by atoms with E-state index in [0.29, 0.717) is 12.5 Å². The molecule has 1 aliphatic heterocycles. The second kappa shape index (κ2) is 5.53. The second-order valence-corrected chi connectivity index (χ2v) is 8.36. The van der Waals surface area contributed by atoms with E-state index in [4.69, 9.17) is 0 Å². The van der Waals surface area contributed by atoms with Gasteiger partial charge in [0.25, 0.3) is 0 Å². The van der Waals surface area contributed by atoms with Crippen LogP contribution in [0.5, 0.6) is 0 Å². The van der Waals surface area contributed by atoms with E-state index >= 15 is 0 Å². The van der Waals surface area contributed by atoms with Crippen LogP contribution >= 0.6 is 0 Å². The molecule has 116 valence electrons. The van der Waals surface area contributed by atoms with Crippen molar-refractivity contribution in [1.82, 2.24) is 14.3 Å². The van der Waals surface area contributed by atoms with Gasteiger partial charge in [-0.25, -0.2) is 22.7 Å². The van der Waals surface area contributed by atoms with Crippen LogP contribution in [-0.4, -0.2) is 54.6 Å². The lowest BCUT2D eigenvalue weighted by atomic mass is 10.0. The lowest BCUT2D eigenvalue weighted by Gasteiger charge is -2.40. The Kier molecular flexibility index (Phi) is 3.88. The van der Waals surface area contributed by atoms with Crippen LogP contribution < -0.4 is 4.90 Å². The molecule has 0 atom stereocenters. The first-order chi connectivity index (χ1) is 10.0. The zero-order chi connectivity index (χ0) is 15.0. The molecule has 1 aromatic heterocycles. The van der Waals surface area contributed by atoms with E-state index < -0.39 is 10.0 Å². The van der Waals surface area contributed by atoms with Crippen LogP contribution in [0.2, 0.25) is 0 Å². The molecule has 0 unspecified atom stereocenters. The van der Waals surface area contributed by atoms with Gasteiger partial charge in [0.15, 0.2) is 0 Å². The summed E-state index contributed by atoms with van der Waals surface area (Å²) >= 11 is 0. The molecule has 1 saturated heterocycles. The summed E-state index contributed by atoms with van der Waals surface area (Å²) in [6.45, 7) is 4.34. The minimum atomic E-state index is -3.04. The van der Waals surface area contributed by atoms with E-state index in [9.17, 15) is 8.42 Å². The van der Waals surface area contributed by atoms with Crippen molar-refractivity contribution < 1.29 is 8.42 Å². The highest BCUT2D eigenvalue weighted by atomic mass is 32.2. The molecule has 0 amide bonds. The van der Waals surface area contributed by atoms with Crippen molar-refractivity contribution in [3.8, 4) is 0 Å². The van der Waals surface area contributed by atoms with Gasteiger partial charge in [-0.15, -0.1) is 0 Å². The van der Waals surface area contributed by atoms with Gasteiger partial charge in [-0.2, -0.15) is 0 Å². The molecule has 1 aliphatic carbocycles. The fourth-order valence-electron chi connectivity index (χ4n) is 2.63. The summed E-state index contributed by atoms with van der Waals surface area (Å²) in [6.07, 6.45) is 6.30. The highest BCUT2D eigenvalue weighted by Crippen LogP contribution is 2.31. The number of rotatable bonds is 6. The molecule has 1 aromatic rings. The molecule has 6 nitrogen and oxygen atoms in total. The third kappa shape index (κ3) is 3.03. The molecule has 7 heteroatoms. The normalized spacial score (nSPS) is 19.9. The predicted molar refractivity (Wildman–Crippen MR) is 81.7 cm³/mol. The first-order valence-electron chi connectivity index (χ1n) is 7.51. The zero-order valence-corrected chi connectivity index (χ0v) is 13.4. The molecule has 0 N–H and O–H groups in total. The van der Waals surface area contributed by atoms with Crippen LogP contribution in [0, 0.1) is 5.92 Å². The fraction of sp³-hybridized carbons (Fsp3) is 0.714. The smallest absolute Gasteiger partial charge is 0.225 e. The molecule has 0 radical (unpaired) electrons. The molecule has 2 heterocycles. The number of sulfonamides is 1. The Hall–Kier alpha value is -1.21. The Morgan fingerprint density at radius 3 is 2.43 bits per heavy atom. The van der Waals surface area contributed by atoms with Crippen molar-refractivity contribution in [2.24, 2.45) is 5.92 Å². The van der Waals surface area contributed by atoms with Crippen LogP contribution in [-0.2, 0) is 16.4 Å². The summed E-state index contributed by atoms with van der Waals surface area (Å²) in [5, 5.41) is -0.122. The van der Waals surface area contributed by atoms with Gasteiger partial charge >= 0.3 is 0 Å². The molecule has 0 aromatic carbocycles. The summed E-state index contributed by atoms with van der Waals surface area (Å²) in [5.41, 5.74) is 1.13. The van der Waals surface area contributed by atoms with Crippen molar-refractivity contribution in [1.29, 1.82) is 0 Å². The van der Waals surface area contributed by atoms with Gasteiger partial charge in [0.05, 0.1) is 5.25 Å². The van der Waals surface area contributed by atoms with Crippen molar-refractivity contribution in [2.45, 2.75) is 31.4 Å². The number of anilines is 1. The summed E-state index contributed by atoms with van der Waals surface area (Å²) in [5.74, 6) is 1.12. The molecule has 1 saturated carbocycles. The Labute approximate surface area is 126 Å². The van der Waals surface area contributed by atoms with Gasteiger partial charge in [0.1, 0.15) is 0 Å². The van der Waals surface area contributed by atoms with E-state index in [1.807, 2.05) is 12.4 Å². The average molecular weight is 310 g/mol. The summed E-state index contributed by atoms with van der Waals surface area (Å²) in [6, 6.07) is 0. The molecule has 0 spiro atoms. The van der Waals surface area contributed by atoms with Gasteiger partial charge in [-0.3, -0.25) is 0 Å². The van der Waals surface area contributed by atoms with Gasteiger partial charge in [0.2, 0.25) is 16.0 Å². The van der Waals surface area contributed by atoms with Crippen molar-refractivity contribution in [3.63, 3.8) is 0 Å². The third-order valence-corrected chi connectivity index (χ3v) is 6.57. The largest absolute Gasteiger partial charge is 0.340 e. The average Bonchev–Trinajstić information content (AvgIpc) is 3.27. The number of nitrogens with zero attached hydrogens (tertiary/aromatic N) is 4. The van der Waals surface area contributed by atoms with E-state index in [2.05, 4.69) is 21.8 Å². The minimum absolute atomic E-state index is 0.122. The third-order valence-electron chi connectivity index (χ3n) is 4.24. The van der Waals surface area contributed by atoms with E-state index in [0.717, 1.165) is 43.9 Å². The van der Waals surface area contributed by atoms with Gasteiger partial charge in [0, 0.05) is 45.0 Å². The van der Waals surface area contributed by atoms with Gasteiger partial charge in [-0.1, -0.05) is 6.92 Å². The Balaban J connectivity index is 1.51. The molecular weight excluding hydrogens is 288 g/mol. The molecule has 2 aliphatic rings. The minimum Gasteiger partial charge on any atom is -0.340 e. The van der Waals surface area contributed by atoms with Crippen molar-refractivity contribution >= 4 is 16.0 Å². The number of aryl methyl sites for hydroxylation is 1. The molecule has 3 rings (SSSR count). The molecule has 2 fully saturated rings. The SMILES string of the molecule is CCc1cnc(N2CC(CN(C)S(=O)(=O)C3CC3)C2)nc1. The Bertz CT molecular complexity index is 592. The van der Waals surface area contributed by atoms with Crippen LogP contribution in [0.1, 0.15) is 25.3 Å². The Morgan fingerprint density at radius 1 is 1.29 bits per heavy atom. The maximum Gasteiger partial charge on any atom is 0.225 e. The quantitative estimate of drug-likeness (QED) is 0.781. The second-order valence-electron chi connectivity index (χ2n) is 6.04. The standard InChI is InChI=1S/C14H22N4O2S/c1-3-11-6-15-14(16-7-11)18-9-12(10-18)8-17(2)21(19,20)13-4-5-13/h6-7,12-13H,3-5,8-10H2,1-2H3. The highest BCUT2D eigenvalue weighted by molar-refractivity contribution is 7.90. The van der Waals surface area contributed by atoms with Gasteiger partial charge < -0.3 is 4.90 Å². The summed E-state index contributed by atoms with van der Waals surface area (Å²) in [7, 11) is -1.35. The molecular formula is C14H22N4O2S. The van der Waals surface area contributed by atoms with Gasteiger partial charge in [-0.05, 0) is 24.8 Å². The summed E-state index contributed by atoms with van der Waals surface area (Å²) < 4.78 is 25.7. The van der Waals surface area contributed by atoms with Crippen LogP contribution in [0.15, 0.2) is 12.4 Å². The maximum absolute atomic E-state index is 12.1. The van der Waals surface area contributed by atoms with Crippen LogP contribution in [0.3, 0.4) is 0 Å². The first kappa shape index (κ1) is 14.7. The predicted octanol–water partition coefficient (Wildman–Crippen LogP) is 0.899. The van der Waals surface area contributed by atoms with E-state index in [-0.39, 0.29) is 5.25 Å². The van der Waals surface area contributed by atoms with Crippen molar-refractivity contribution in [2.75, 3.05) is 31.6 Å². The molecule has 0 bridgehead atoms. The number of aromatic nitrogens is 2. The first-order valence-corrected chi connectivity index (χ1v) is 9.02. The van der Waals surface area contributed by atoms with Crippen LogP contribution in [0.25, 0.3) is 0 Å². The lowest BCUT2D eigenvalue weighted by Crippen LogP contribution is -2.52. The van der Waals surface area contributed by atoms with Crippen molar-refractivity contribution in [3.05, 3.63) is 18.0 Å². The maximum atomic E-state index is 12.1. The molecule has 21 heavy (non-hydrogen) atoms. The van der Waals surface area contributed by atoms with Crippen LogP contribution in [0.4, 0.5) is 5.95 Å². The highest BCUT2D eigenvalue weighted by Gasteiger charge is 2.40. The zero-order valence-electron chi connectivity index (χ0n) is 12.6. The Morgan fingerprint density at radius 2 is 1.90 bits per heavy atom. The lowest BCUT2D eigenvalue weighted by molar-refractivity contribution is 0.324. The fourth-order valence-corrected chi connectivity index (χ4v) is 4.29. The number of hydrogen-bond donors (Lipinski definition) is 0. The topological polar surface area (TPSA) is 66.4 Å². The monoisotopic (exact) mass is 310 g/mol. The van der Waals surface area contributed by atoms with E-state index in [1.165, 1.54) is 4.31 Å². The van der Waals surface area contributed by atoms with E-state index in [1.54, 1.807) is 7.05 Å². The summed E-state index contributed by atoms with van der Waals surface area (Å²) in [4.78, 5) is 10.8. The number of hydrogen-bond acceptors (Lipinski definition) is 5.